The number of carbonyl (C=O) groups is 1. The van der Waals surface area contributed by atoms with Crippen LogP contribution in [0.4, 0.5) is 33.5 Å². The van der Waals surface area contributed by atoms with E-state index in [0.717, 1.165) is 12.1 Å². The van der Waals surface area contributed by atoms with Crippen LogP contribution in [0.1, 0.15) is 16.8 Å². The van der Waals surface area contributed by atoms with Crippen molar-refractivity contribution in [3.8, 4) is 0 Å². The highest BCUT2D eigenvalue weighted by molar-refractivity contribution is 6.33. The summed E-state index contributed by atoms with van der Waals surface area (Å²) in [6.07, 6.45) is -1.76. The number of H-pyrrole nitrogens is 1. The Bertz CT molecular complexity index is 1130. The van der Waals surface area contributed by atoms with Crippen molar-refractivity contribution >= 4 is 39.9 Å². The molecule has 1 aliphatic rings. The lowest BCUT2D eigenvalue weighted by Crippen LogP contribution is -2.28. The van der Waals surface area contributed by atoms with Gasteiger partial charge in [0, 0.05) is 36.9 Å². The number of benzene rings is 1. The smallest absolute Gasteiger partial charge is 0.359 e. The number of aromatic nitrogens is 2. The normalized spacial score (nSPS) is 17.0. The Balaban J connectivity index is 1.52. The number of carbonyl (C=O) groups excluding carboxylic acids is 1. The molecule has 5 nitrogen and oxygen atoms in total. The lowest BCUT2D eigenvalue weighted by atomic mass is 10.1. The first-order valence-electron chi connectivity index (χ1n) is 8.88. The van der Waals surface area contributed by atoms with Gasteiger partial charge in [-0.1, -0.05) is 11.6 Å². The standard InChI is InChI=1S/C19H14ClF5N4O/c20-12-3-9(6-27-17(12)29-2-1-10(8-29)19(23,24)25)18(30)28-16-7-26-15-5-14(22)13(21)4-11(15)16/h3-7,10,26H,1-2,8H2,(H,28,30). The average Bonchev–Trinajstić information content (AvgIpc) is 3.30. The highest BCUT2D eigenvalue weighted by Gasteiger charge is 2.44. The van der Waals surface area contributed by atoms with Crippen molar-refractivity contribution in [2.75, 3.05) is 23.3 Å². The summed E-state index contributed by atoms with van der Waals surface area (Å²) in [5.74, 6) is -3.98. The molecule has 30 heavy (non-hydrogen) atoms. The first kappa shape index (κ1) is 20.4. The third-order valence-electron chi connectivity index (χ3n) is 5.01. The van der Waals surface area contributed by atoms with Gasteiger partial charge in [-0.05, 0) is 18.6 Å². The molecular weight excluding hydrogens is 431 g/mol. The minimum atomic E-state index is -4.29. The first-order chi connectivity index (χ1) is 14.1. The van der Waals surface area contributed by atoms with Crippen LogP contribution in [0.25, 0.3) is 10.9 Å². The second kappa shape index (κ2) is 7.42. The fourth-order valence-electron chi connectivity index (χ4n) is 3.42. The molecule has 1 aromatic carbocycles. The number of fused-ring (bicyclic) bond motifs is 1. The monoisotopic (exact) mass is 444 g/mol. The summed E-state index contributed by atoms with van der Waals surface area (Å²) in [5.41, 5.74) is 0.581. The number of nitrogens with one attached hydrogen (secondary N) is 2. The van der Waals surface area contributed by atoms with Gasteiger partial charge in [-0.3, -0.25) is 4.79 Å². The molecule has 3 aromatic rings. The highest BCUT2D eigenvalue weighted by atomic mass is 35.5. The Labute approximate surface area is 171 Å². The van der Waals surface area contributed by atoms with Crippen molar-refractivity contribution in [1.29, 1.82) is 0 Å². The molecule has 0 radical (unpaired) electrons. The summed E-state index contributed by atoms with van der Waals surface area (Å²) in [5, 5.41) is 2.86. The molecule has 2 N–H and O–H groups in total. The summed E-state index contributed by atoms with van der Waals surface area (Å²) >= 11 is 6.17. The molecule has 1 saturated heterocycles. The maximum absolute atomic E-state index is 13.5. The summed E-state index contributed by atoms with van der Waals surface area (Å²) < 4.78 is 65.5. The van der Waals surface area contributed by atoms with Gasteiger partial charge in [0.25, 0.3) is 5.91 Å². The topological polar surface area (TPSA) is 61.0 Å². The molecule has 11 heteroatoms. The van der Waals surface area contributed by atoms with E-state index in [4.69, 9.17) is 11.6 Å². The van der Waals surface area contributed by atoms with E-state index in [1.54, 1.807) is 0 Å². The summed E-state index contributed by atoms with van der Waals surface area (Å²) in [7, 11) is 0. The third-order valence-corrected chi connectivity index (χ3v) is 5.28. The number of alkyl halides is 3. The third kappa shape index (κ3) is 3.79. The van der Waals surface area contributed by atoms with Gasteiger partial charge in [-0.2, -0.15) is 13.2 Å². The predicted molar refractivity (Wildman–Crippen MR) is 102 cm³/mol. The Morgan fingerprint density at radius 2 is 1.97 bits per heavy atom. The Morgan fingerprint density at radius 3 is 2.63 bits per heavy atom. The maximum Gasteiger partial charge on any atom is 0.393 e. The number of hydrogen-bond acceptors (Lipinski definition) is 3. The lowest BCUT2D eigenvalue weighted by Gasteiger charge is -2.20. The molecule has 1 aliphatic heterocycles. The van der Waals surface area contributed by atoms with Crippen molar-refractivity contribution in [3.63, 3.8) is 0 Å². The summed E-state index contributed by atoms with van der Waals surface area (Å²) in [6.45, 7) is -0.0981. The zero-order valence-corrected chi connectivity index (χ0v) is 15.9. The lowest BCUT2D eigenvalue weighted by molar-refractivity contribution is -0.168. The number of amides is 1. The van der Waals surface area contributed by atoms with Crippen molar-refractivity contribution in [2.24, 2.45) is 5.92 Å². The van der Waals surface area contributed by atoms with Crippen LogP contribution in [0.3, 0.4) is 0 Å². The molecule has 0 spiro atoms. The van der Waals surface area contributed by atoms with E-state index in [9.17, 15) is 26.7 Å². The first-order valence-corrected chi connectivity index (χ1v) is 9.26. The van der Waals surface area contributed by atoms with Crippen LogP contribution < -0.4 is 10.2 Å². The van der Waals surface area contributed by atoms with Gasteiger partial charge in [0.05, 0.1) is 27.7 Å². The largest absolute Gasteiger partial charge is 0.393 e. The van der Waals surface area contributed by atoms with Gasteiger partial charge in [-0.25, -0.2) is 13.8 Å². The van der Waals surface area contributed by atoms with Crippen LogP contribution in [-0.4, -0.2) is 35.1 Å². The molecule has 1 fully saturated rings. The van der Waals surface area contributed by atoms with Gasteiger partial charge in [0.1, 0.15) is 5.82 Å². The van der Waals surface area contributed by atoms with Gasteiger partial charge in [-0.15, -0.1) is 0 Å². The fourth-order valence-corrected chi connectivity index (χ4v) is 3.71. The van der Waals surface area contributed by atoms with E-state index < -0.39 is 29.6 Å². The SMILES string of the molecule is O=C(Nc1c[nH]c2cc(F)c(F)cc12)c1cnc(N2CCC(C(F)(F)F)C2)c(Cl)c1. The second-order valence-electron chi connectivity index (χ2n) is 6.97. The van der Waals surface area contributed by atoms with E-state index in [2.05, 4.69) is 15.3 Å². The number of anilines is 2. The number of hydrogen-bond donors (Lipinski definition) is 2. The van der Waals surface area contributed by atoms with Crippen LogP contribution in [0.2, 0.25) is 5.02 Å². The molecule has 4 rings (SSSR count). The summed E-state index contributed by atoms with van der Waals surface area (Å²) in [4.78, 5) is 20.7. The van der Waals surface area contributed by atoms with Crippen LogP contribution in [0.15, 0.2) is 30.6 Å². The van der Waals surface area contributed by atoms with E-state index in [1.807, 2.05) is 0 Å². The highest BCUT2D eigenvalue weighted by Crippen LogP contribution is 2.37. The summed E-state index contributed by atoms with van der Waals surface area (Å²) in [6, 6.07) is 3.22. The Kier molecular flexibility index (Phi) is 5.05. The second-order valence-corrected chi connectivity index (χ2v) is 7.38. The van der Waals surface area contributed by atoms with Gasteiger partial charge >= 0.3 is 6.18 Å². The Hall–Kier alpha value is -2.88. The maximum atomic E-state index is 13.5. The number of rotatable bonds is 3. The molecule has 3 heterocycles. The van der Waals surface area contributed by atoms with E-state index in [0.29, 0.717) is 5.52 Å². The van der Waals surface area contributed by atoms with Crippen molar-refractivity contribution in [3.05, 3.63) is 52.8 Å². The fraction of sp³-hybridized carbons (Fsp3) is 0.263. The molecule has 1 amide bonds. The minimum absolute atomic E-state index is 0.0394. The molecule has 1 unspecified atom stereocenters. The molecule has 158 valence electrons. The van der Waals surface area contributed by atoms with Crippen molar-refractivity contribution < 1.29 is 26.7 Å². The number of aromatic amines is 1. The molecular formula is C19H14ClF5N4O. The zero-order valence-electron chi connectivity index (χ0n) is 15.2. The zero-order chi connectivity index (χ0) is 21.6. The minimum Gasteiger partial charge on any atom is -0.359 e. The van der Waals surface area contributed by atoms with E-state index in [1.165, 1.54) is 23.4 Å². The van der Waals surface area contributed by atoms with E-state index >= 15 is 0 Å². The average molecular weight is 445 g/mol. The van der Waals surface area contributed by atoms with E-state index in [-0.39, 0.29) is 47.0 Å². The van der Waals surface area contributed by atoms with Crippen LogP contribution >= 0.6 is 11.6 Å². The van der Waals surface area contributed by atoms with Crippen molar-refractivity contribution in [2.45, 2.75) is 12.6 Å². The molecule has 2 aromatic heterocycles. The number of halogens is 6. The molecule has 0 saturated carbocycles. The van der Waals surface area contributed by atoms with Crippen molar-refractivity contribution in [1.82, 2.24) is 9.97 Å². The molecule has 0 aliphatic carbocycles. The predicted octanol–water partition coefficient (Wildman–Crippen LogP) is 5.14. The van der Waals surface area contributed by atoms with Crippen LogP contribution in [0.5, 0.6) is 0 Å². The van der Waals surface area contributed by atoms with Gasteiger partial charge in [0.15, 0.2) is 11.6 Å². The molecule has 1 atom stereocenters. The van der Waals surface area contributed by atoms with Crippen LogP contribution in [-0.2, 0) is 0 Å². The number of pyridine rings is 1. The quantitative estimate of drug-likeness (QED) is 0.550. The number of nitrogens with zero attached hydrogens (tertiary/aromatic N) is 2. The van der Waals surface area contributed by atoms with Gasteiger partial charge < -0.3 is 15.2 Å². The van der Waals surface area contributed by atoms with Gasteiger partial charge in [0.2, 0.25) is 0 Å². The van der Waals surface area contributed by atoms with Crippen LogP contribution in [0, 0.1) is 17.6 Å². The molecule has 0 bridgehead atoms. The Morgan fingerprint density at radius 1 is 1.23 bits per heavy atom.